The molecule has 1 unspecified atom stereocenters. The van der Waals surface area contributed by atoms with Crippen LogP contribution in [0.4, 0.5) is 20.2 Å². The summed E-state index contributed by atoms with van der Waals surface area (Å²) in [6.45, 7) is 7.65. The van der Waals surface area contributed by atoms with Gasteiger partial charge in [-0.05, 0) is 94.1 Å². The van der Waals surface area contributed by atoms with Crippen molar-refractivity contribution in [1.29, 1.82) is 0 Å². The number of alkyl halides is 1. The minimum Gasteiger partial charge on any atom is -0.489 e. The maximum absolute atomic E-state index is 15.9. The summed E-state index contributed by atoms with van der Waals surface area (Å²) in [5.74, 6) is -2.58. The largest absolute Gasteiger partial charge is 0.489 e. The summed E-state index contributed by atoms with van der Waals surface area (Å²) in [4.78, 5) is 73.1. The highest BCUT2D eigenvalue weighted by molar-refractivity contribution is 6.09. The van der Waals surface area contributed by atoms with Crippen LogP contribution in [0.1, 0.15) is 76.2 Å². The van der Waals surface area contributed by atoms with Gasteiger partial charge in [-0.25, -0.2) is 18.3 Å². The summed E-state index contributed by atoms with van der Waals surface area (Å²) in [7, 11) is 0. The first-order valence-corrected chi connectivity index (χ1v) is 19.7. The molecule has 2 atom stereocenters. The molecule has 4 aliphatic rings. The zero-order chi connectivity index (χ0) is 40.7. The number of nitrogens with one attached hydrogen (secondary N) is 3. The molecule has 17 heteroatoms. The molecule has 3 fully saturated rings. The predicted octanol–water partition coefficient (Wildman–Crippen LogP) is 3.59. The fourth-order valence-electron chi connectivity index (χ4n) is 8.25. The number of benzene rings is 2. The quantitative estimate of drug-likeness (QED) is 0.180. The average molecular weight is 798 g/mol. The molecule has 0 bridgehead atoms. The first kappa shape index (κ1) is 38.9. The van der Waals surface area contributed by atoms with Crippen LogP contribution in [-0.4, -0.2) is 112 Å². The summed E-state index contributed by atoms with van der Waals surface area (Å²) in [6, 6.07) is 8.60. The maximum Gasteiger partial charge on any atom is 0.261 e. The van der Waals surface area contributed by atoms with Crippen molar-refractivity contribution in [3.8, 4) is 5.75 Å². The van der Waals surface area contributed by atoms with E-state index >= 15 is 4.39 Å². The van der Waals surface area contributed by atoms with Crippen molar-refractivity contribution < 1.29 is 37.5 Å². The Balaban J connectivity index is 0.804. The van der Waals surface area contributed by atoms with E-state index in [0.29, 0.717) is 52.7 Å². The van der Waals surface area contributed by atoms with Crippen molar-refractivity contribution >= 4 is 46.6 Å². The number of carbonyl (C=O) groups is 5. The molecule has 8 rings (SSSR count). The van der Waals surface area contributed by atoms with Gasteiger partial charge >= 0.3 is 0 Å². The third-order valence-corrected chi connectivity index (χ3v) is 11.3. The highest BCUT2D eigenvalue weighted by Crippen LogP contribution is 2.36. The standard InChI is InChI=1S/C41H45F2N9O6/c1-23(2)58-35-16-29-26(14-34(35)47-39(55)30-17-45-52-11-3-10-44-37(30)52)21-51(41(29)57)22-32(43)25-8-12-49(13-9-25)18-24-19-50(20-24)27-4-5-28(31(42)15-27)38(54)46-33-6-7-36(53)48-40(33)56/h3-5,10-11,14-17,23-25,32-33H,6-9,12-13,18-22H2,1-2H3,(H,46,54)(H,47,55)(H,48,53,56)/t32-,33?/m1/s1. The van der Waals surface area contributed by atoms with Gasteiger partial charge in [0.2, 0.25) is 11.8 Å². The highest BCUT2D eigenvalue weighted by Gasteiger charge is 2.36. The van der Waals surface area contributed by atoms with Gasteiger partial charge in [-0.1, -0.05) is 0 Å². The SMILES string of the molecule is CC(C)Oc1cc2c(cc1NC(=O)c1cnn3cccnc13)CN(C[C@@H](F)C1CCN(CC3CN(c4ccc(C(=O)NC5CCC(=O)NC5=O)c(F)c4)C3)CC1)C2=O. The van der Waals surface area contributed by atoms with Gasteiger partial charge in [0.25, 0.3) is 17.7 Å². The normalized spacial score (nSPS) is 19.6. The molecule has 4 aromatic rings. The molecule has 0 saturated carbocycles. The molecule has 2 aromatic heterocycles. The summed E-state index contributed by atoms with van der Waals surface area (Å²) < 4.78 is 38.4. The van der Waals surface area contributed by atoms with E-state index in [2.05, 4.69) is 30.9 Å². The van der Waals surface area contributed by atoms with Gasteiger partial charge in [0.15, 0.2) is 5.65 Å². The topological polar surface area (TPSA) is 171 Å². The van der Waals surface area contributed by atoms with Crippen LogP contribution in [0.15, 0.2) is 55.0 Å². The van der Waals surface area contributed by atoms with E-state index in [4.69, 9.17) is 4.74 Å². The summed E-state index contributed by atoms with van der Waals surface area (Å²) in [5, 5.41) is 11.8. The third-order valence-electron chi connectivity index (χ3n) is 11.3. The van der Waals surface area contributed by atoms with Gasteiger partial charge in [-0.3, -0.25) is 29.3 Å². The van der Waals surface area contributed by atoms with Crippen molar-refractivity contribution in [2.24, 2.45) is 11.8 Å². The van der Waals surface area contributed by atoms with Crippen molar-refractivity contribution in [3.05, 3.63) is 83.1 Å². The number of piperidine rings is 2. The number of amides is 5. The lowest BCUT2D eigenvalue weighted by atomic mass is 9.90. The Hall–Kier alpha value is -5.97. The zero-order valence-corrected chi connectivity index (χ0v) is 32.2. The Morgan fingerprint density at radius 3 is 2.57 bits per heavy atom. The van der Waals surface area contributed by atoms with Gasteiger partial charge in [0.05, 0.1) is 30.1 Å². The number of hydrogen-bond acceptors (Lipinski definition) is 10. The Morgan fingerprint density at radius 2 is 1.83 bits per heavy atom. The van der Waals surface area contributed by atoms with Gasteiger partial charge in [0.1, 0.15) is 29.3 Å². The van der Waals surface area contributed by atoms with Crippen LogP contribution in [0.2, 0.25) is 0 Å². The first-order valence-electron chi connectivity index (χ1n) is 19.7. The number of hydrogen-bond donors (Lipinski definition) is 3. The van der Waals surface area contributed by atoms with Gasteiger partial charge in [-0.2, -0.15) is 5.10 Å². The maximum atomic E-state index is 15.9. The molecule has 0 radical (unpaired) electrons. The average Bonchev–Trinajstić information content (AvgIpc) is 3.74. The molecule has 4 aliphatic heterocycles. The smallest absolute Gasteiger partial charge is 0.261 e. The number of aromatic nitrogens is 3. The molecule has 5 amide bonds. The minimum atomic E-state index is -1.20. The predicted molar refractivity (Wildman–Crippen MR) is 208 cm³/mol. The fraction of sp³-hybridized carbons (Fsp3) is 0.439. The lowest BCUT2D eigenvalue weighted by molar-refractivity contribution is -0.134. The number of carbonyl (C=O) groups excluding carboxylic acids is 5. The van der Waals surface area contributed by atoms with E-state index in [-0.39, 0.29) is 55.0 Å². The summed E-state index contributed by atoms with van der Waals surface area (Å²) in [5.41, 5.74) is 2.69. The second-order valence-electron chi connectivity index (χ2n) is 15.8. The van der Waals surface area contributed by atoms with Gasteiger partial charge in [-0.15, -0.1) is 0 Å². The number of fused-ring (bicyclic) bond motifs is 2. The molecular weight excluding hydrogens is 753 g/mol. The molecule has 6 heterocycles. The Bertz CT molecular complexity index is 2270. The van der Waals surface area contributed by atoms with Crippen LogP contribution < -0.4 is 25.6 Å². The minimum absolute atomic E-state index is 0.0280. The van der Waals surface area contributed by atoms with E-state index in [1.807, 2.05) is 18.7 Å². The van der Waals surface area contributed by atoms with Gasteiger partial charge in [0, 0.05) is 62.2 Å². The molecule has 0 spiro atoms. The highest BCUT2D eigenvalue weighted by atomic mass is 19.1. The van der Waals surface area contributed by atoms with E-state index in [9.17, 15) is 28.4 Å². The summed E-state index contributed by atoms with van der Waals surface area (Å²) in [6.07, 6.45) is 4.90. The summed E-state index contributed by atoms with van der Waals surface area (Å²) >= 11 is 0. The van der Waals surface area contributed by atoms with Crippen LogP contribution in [0.5, 0.6) is 5.75 Å². The number of nitrogens with zero attached hydrogens (tertiary/aromatic N) is 6. The van der Waals surface area contributed by atoms with Crippen LogP contribution in [0.25, 0.3) is 5.65 Å². The molecule has 3 saturated heterocycles. The number of halogens is 2. The van der Waals surface area contributed by atoms with Crippen LogP contribution in [0, 0.1) is 17.7 Å². The van der Waals surface area contributed by atoms with E-state index in [1.165, 1.54) is 27.7 Å². The van der Waals surface area contributed by atoms with Crippen molar-refractivity contribution in [2.75, 3.05) is 49.5 Å². The monoisotopic (exact) mass is 797 g/mol. The first-order chi connectivity index (χ1) is 27.9. The second kappa shape index (κ2) is 16.1. The molecule has 304 valence electrons. The Labute approximate surface area is 333 Å². The molecule has 58 heavy (non-hydrogen) atoms. The fourth-order valence-corrected chi connectivity index (χ4v) is 8.25. The lowest BCUT2D eigenvalue weighted by Crippen LogP contribution is -2.53. The third kappa shape index (κ3) is 8.08. The molecule has 2 aromatic carbocycles. The van der Waals surface area contributed by atoms with Crippen molar-refractivity contribution in [1.82, 2.24) is 35.0 Å². The lowest BCUT2D eigenvalue weighted by Gasteiger charge is -2.44. The second-order valence-corrected chi connectivity index (χ2v) is 15.8. The van der Waals surface area contributed by atoms with E-state index in [1.54, 1.807) is 36.7 Å². The Kier molecular flexibility index (Phi) is 10.8. The van der Waals surface area contributed by atoms with Crippen LogP contribution in [-0.2, 0) is 16.1 Å². The zero-order valence-electron chi connectivity index (χ0n) is 32.2. The van der Waals surface area contributed by atoms with Crippen LogP contribution >= 0.6 is 0 Å². The number of anilines is 2. The number of likely N-dealkylation sites (tertiary alicyclic amines) is 1. The molecule has 0 aliphatic carbocycles. The number of rotatable bonds is 12. The molecule has 3 N–H and O–H groups in total. The van der Waals surface area contributed by atoms with E-state index in [0.717, 1.165) is 32.7 Å². The number of imide groups is 1. The van der Waals surface area contributed by atoms with E-state index < -0.39 is 41.7 Å². The Morgan fingerprint density at radius 1 is 1.03 bits per heavy atom. The van der Waals surface area contributed by atoms with Crippen LogP contribution in [0.3, 0.4) is 0 Å². The molecule has 15 nitrogen and oxygen atoms in total. The van der Waals surface area contributed by atoms with Gasteiger partial charge < -0.3 is 30.1 Å². The van der Waals surface area contributed by atoms with Crippen molar-refractivity contribution in [2.45, 2.75) is 64.4 Å². The molecular formula is C41H45F2N9O6. The number of ether oxygens (including phenoxy) is 1. The van der Waals surface area contributed by atoms with Crippen molar-refractivity contribution in [3.63, 3.8) is 0 Å².